The Kier molecular flexibility index (Phi) is 3.94. The van der Waals surface area contributed by atoms with Crippen LogP contribution in [-0.2, 0) is 6.54 Å². The maximum absolute atomic E-state index is 4.62. The molecule has 4 nitrogen and oxygen atoms in total. The zero-order chi connectivity index (χ0) is 12.3. The summed E-state index contributed by atoms with van der Waals surface area (Å²) in [6.07, 6.45) is 5.04. The van der Waals surface area contributed by atoms with Gasteiger partial charge in [0.2, 0.25) is 0 Å². The first kappa shape index (κ1) is 12.3. The highest BCUT2D eigenvalue weighted by molar-refractivity contribution is 5.35. The van der Waals surface area contributed by atoms with E-state index in [0.717, 1.165) is 43.0 Å². The van der Waals surface area contributed by atoms with E-state index in [1.54, 1.807) is 0 Å². The zero-order valence-electron chi connectivity index (χ0n) is 11.0. The van der Waals surface area contributed by atoms with Gasteiger partial charge in [-0.15, -0.1) is 0 Å². The van der Waals surface area contributed by atoms with Crippen molar-refractivity contribution in [2.75, 3.05) is 25.0 Å². The molecule has 1 saturated carbocycles. The molecule has 1 heterocycles. The Bertz CT molecular complexity index is 366. The molecule has 1 aliphatic rings. The molecule has 1 aromatic rings. The van der Waals surface area contributed by atoms with Crippen molar-refractivity contribution in [1.29, 1.82) is 0 Å². The summed E-state index contributed by atoms with van der Waals surface area (Å²) in [5.74, 6) is 2.72. The van der Waals surface area contributed by atoms with Crippen LogP contribution >= 0.6 is 0 Å². The highest BCUT2D eigenvalue weighted by atomic mass is 15.2. The standard InChI is InChI=1S/C13H22N4/c1-4-14-6-12-7-15-8-13(16-12)17(3)9-11-5-10(11)2/h7-8,10-11,14H,4-6,9H2,1-3H3. The fraction of sp³-hybridized carbons (Fsp3) is 0.692. The molecule has 1 N–H and O–H groups in total. The van der Waals surface area contributed by atoms with Gasteiger partial charge in [-0.1, -0.05) is 13.8 Å². The van der Waals surface area contributed by atoms with Crippen LogP contribution in [0.25, 0.3) is 0 Å². The number of hydrogen-bond acceptors (Lipinski definition) is 4. The number of hydrogen-bond donors (Lipinski definition) is 1. The molecule has 0 radical (unpaired) electrons. The van der Waals surface area contributed by atoms with Gasteiger partial charge in [0.1, 0.15) is 5.82 Å². The van der Waals surface area contributed by atoms with Crippen molar-refractivity contribution in [2.24, 2.45) is 11.8 Å². The van der Waals surface area contributed by atoms with Crippen molar-refractivity contribution < 1.29 is 0 Å². The molecule has 1 aliphatic carbocycles. The number of anilines is 1. The van der Waals surface area contributed by atoms with Crippen LogP contribution in [-0.4, -0.2) is 30.1 Å². The topological polar surface area (TPSA) is 41.1 Å². The maximum atomic E-state index is 4.62. The van der Waals surface area contributed by atoms with Crippen LogP contribution in [0.15, 0.2) is 12.4 Å². The molecule has 0 aliphatic heterocycles. The molecule has 0 spiro atoms. The third-order valence-electron chi connectivity index (χ3n) is 3.40. The molecule has 0 amide bonds. The summed E-state index contributed by atoms with van der Waals surface area (Å²) in [5.41, 5.74) is 1.01. The maximum Gasteiger partial charge on any atom is 0.147 e. The molecule has 0 bridgehead atoms. The Morgan fingerprint density at radius 3 is 2.88 bits per heavy atom. The molecular formula is C13H22N4. The molecule has 4 heteroatoms. The van der Waals surface area contributed by atoms with Gasteiger partial charge in [0, 0.05) is 26.3 Å². The number of aromatic nitrogens is 2. The molecule has 0 aromatic carbocycles. The lowest BCUT2D eigenvalue weighted by atomic mass is 10.3. The van der Waals surface area contributed by atoms with E-state index in [2.05, 4.69) is 41.1 Å². The first-order valence-corrected chi connectivity index (χ1v) is 6.43. The lowest BCUT2D eigenvalue weighted by Gasteiger charge is -2.18. The van der Waals surface area contributed by atoms with Crippen LogP contribution in [0.1, 0.15) is 26.0 Å². The van der Waals surface area contributed by atoms with Gasteiger partial charge in [-0.25, -0.2) is 4.98 Å². The normalized spacial score (nSPS) is 22.5. The third kappa shape index (κ3) is 3.40. The van der Waals surface area contributed by atoms with Crippen molar-refractivity contribution in [1.82, 2.24) is 15.3 Å². The van der Waals surface area contributed by atoms with Crippen LogP contribution in [0.2, 0.25) is 0 Å². The summed E-state index contributed by atoms with van der Waals surface area (Å²) in [7, 11) is 2.10. The lowest BCUT2D eigenvalue weighted by Crippen LogP contribution is -2.23. The molecule has 94 valence electrons. The minimum atomic E-state index is 0.797. The zero-order valence-corrected chi connectivity index (χ0v) is 11.0. The quantitative estimate of drug-likeness (QED) is 0.813. The second-order valence-electron chi connectivity index (χ2n) is 5.00. The molecule has 1 aromatic heterocycles. The van der Waals surface area contributed by atoms with E-state index in [1.165, 1.54) is 6.42 Å². The van der Waals surface area contributed by atoms with Gasteiger partial charge in [0.15, 0.2) is 0 Å². The summed E-state index contributed by atoms with van der Waals surface area (Å²) < 4.78 is 0. The molecule has 17 heavy (non-hydrogen) atoms. The Labute approximate surface area is 103 Å². The summed E-state index contributed by atoms with van der Waals surface area (Å²) in [6.45, 7) is 7.26. The minimum Gasteiger partial charge on any atom is -0.358 e. The first-order chi connectivity index (χ1) is 8.20. The number of rotatable bonds is 6. The predicted octanol–water partition coefficient (Wildman–Crippen LogP) is 1.68. The smallest absolute Gasteiger partial charge is 0.147 e. The summed E-state index contributed by atoms with van der Waals surface area (Å²) in [5, 5.41) is 3.27. The van der Waals surface area contributed by atoms with Gasteiger partial charge in [-0.3, -0.25) is 4.98 Å². The van der Waals surface area contributed by atoms with Crippen molar-refractivity contribution in [3.05, 3.63) is 18.1 Å². The fourth-order valence-corrected chi connectivity index (χ4v) is 2.02. The van der Waals surface area contributed by atoms with Crippen molar-refractivity contribution in [3.63, 3.8) is 0 Å². The van der Waals surface area contributed by atoms with Crippen molar-refractivity contribution in [2.45, 2.75) is 26.8 Å². The Balaban J connectivity index is 1.94. The third-order valence-corrected chi connectivity index (χ3v) is 3.40. The van der Waals surface area contributed by atoms with E-state index >= 15 is 0 Å². The molecule has 2 rings (SSSR count). The Morgan fingerprint density at radius 1 is 1.47 bits per heavy atom. The fourth-order valence-electron chi connectivity index (χ4n) is 2.02. The molecule has 2 unspecified atom stereocenters. The second-order valence-corrected chi connectivity index (χ2v) is 5.00. The summed E-state index contributed by atoms with van der Waals surface area (Å²) >= 11 is 0. The first-order valence-electron chi connectivity index (χ1n) is 6.43. The summed E-state index contributed by atoms with van der Waals surface area (Å²) in [6, 6.07) is 0. The van der Waals surface area contributed by atoms with E-state index < -0.39 is 0 Å². The van der Waals surface area contributed by atoms with Gasteiger partial charge >= 0.3 is 0 Å². The van der Waals surface area contributed by atoms with E-state index in [-0.39, 0.29) is 0 Å². The van der Waals surface area contributed by atoms with Gasteiger partial charge < -0.3 is 10.2 Å². The van der Waals surface area contributed by atoms with E-state index in [1.807, 2.05) is 12.4 Å². The highest BCUT2D eigenvalue weighted by Crippen LogP contribution is 2.38. The van der Waals surface area contributed by atoms with E-state index in [9.17, 15) is 0 Å². The van der Waals surface area contributed by atoms with Gasteiger partial charge in [-0.2, -0.15) is 0 Å². The second kappa shape index (κ2) is 5.45. The van der Waals surface area contributed by atoms with Gasteiger partial charge in [0.05, 0.1) is 11.9 Å². The molecule has 2 atom stereocenters. The summed E-state index contributed by atoms with van der Waals surface area (Å²) in [4.78, 5) is 11.1. The van der Waals surface area contributed by atoms with E-state index in [0.29, 0.717) is 0 Å². The average Bonchev–Trinajstić information content (AvgIpc) is 3.02. The minimum absolute atomic E-state index is 0.797. The van der Waals surface area contributed by atoms with Gasteiger partial charge in [0.25, 0.3) is 0 Å². The SMILES string of the molecule is CCNCc1cncc(N(C)CC2CC2C)n1. The Hall–Kier alpha value is -1.16. The van der Waals surface area contributed by atoms with Gasteiger partial charge in [-0.05, 0) is 24.8 Å². The van der Waals surface area contributed by atoms with Crippen LogP contribution in [0, 0.1) is 11.8 Å². The lowest BCUT2D eigenvalue weighted by molar-refractivity contribution is 0.693. The monoisotopic (exact) mass is 234 g/mol. The van der Waals surface area contributed by atoms with Crippen LogP contribution in [0.5, 0.6) is 0 Å². The van der Waals surface area contributed by atoms with E-state index in [4.69, 9.17) is 0 Å². The van der Waals surface area contributed by atoms with Crippen LogP contribution in [0.4, 0.5) is 5.82 Å². The van der Waals surface area contributed by atoms with Crippen molar-refractivity contribution >= 4 is 5.82 Å². The van der Waals surface area contributed by atoms with Crippen LogP contribution < -0.4 is 10.2 Å². The predicted molar refractivity (Wildman–Crippen MR) is 70.0 cm³/mol. The molecule has 0 saturated heterocycles. The largest absolute Gasteiger partial charge is 0.358 e. The Morgan fingerprint density at radius 2 is 2.24 bits per heavy atom. The number of nitrogens with one attached hydrogen (secondary N) is 1. The van der Waals surface area contributed by atoms with Crippen LogP contribution in [0.3, 0.4) is 0 Å². The highest BCUT2D eigenvalue weighted by Gasteiger charge is 2.33. The molecule has 1 fully saturated rings. The number of nitrogens with zero attached hydrogens (tertiary/aromatic N) is 3. The average molecular weight is 234 g/mol. The molecular weight excluding hydrogens is 212 g/mol. The van der Waals surface area contributed by atoms with Crippen molar-refractivity contribution in [3.8, 4) is 0 Å².